The van der Waals surface area contributed by atoms with Crippen LogP contribution in [0.5, 0.6) is 0 Å². The predicted octanol–water partition coefficient (Wildman–Crippen LogP) is 1.51. The molecule has 0 bridgehead atoms. The van der Waals surface area contributed by atoms with E-state index in [2.05, 4.69) is 5.10 Å². The first-order valence-electron chi connectivity index (χ1n) is 4.72. The molecule has 15 heavy (non-hydrogen) atoms. The topological polar surface area (TPSA) is 55.1 Å². The number of carbonyl (C=O) groups is 1. The lowest BCUT2D eigenvalue weighted by Gasteiger charge is -1.98. The van der Waals surface area contributed by atoms with Crippen LogP contribution in [0.4, 0.5) is 0 Å². The first-order valence-corrected chi connectivity index (χ1v) is 4.72. The Morgan fingerprint density at radius 1 is 1.53 bits per heavy atom. The second-order valence-corrected chi connectivity index (χ2v) is 3.66. The van der Waals surface area contributed by atoms with Crippen molar-refractivity contribution in [2.75, 3.05) is 0 Å². The van der Waals surface area contributed by atoms with E-state index in [0.717, 1.165) is 22.2 Å². The monoisotopic (exact) mass is 204 g/mol. The van der Waals surface area contributed by atoms with Crippen molar-refractivity contribution >= 4 is 16.9 Å². The quantitative estimate of drug-likeness (QED) is 0.806. The number of fused-ring (bicyclic) bond motifs is 1. The van der Waals surface area contributed by atoms with Crippen molar-refractivity contribution in [2.24, 2.45) is 7.05 Å². The second-order valence-electron chi connectivity index (χ2n) is 3.66. The number of aryl methyl sites for hydroxylation is 2. The van der Waals surface area contributed by atoms with E-state index in [0.29, 0.717) is 0 Å². The molecule has 2 aromatic rings. The zero-order valence-electron chi connectivity index (χ0n) is 8.69. The van der Waals surface area contributed by atoms with Crippen LogP contribution in [-0.4, -0.2) is 20.9 Å². The lowest BCUT2D eigenvalue weighted by Crippen LogP contribution is -2.06. The smallest absolute Gasteiger partial charge is 0.309 e. The standard InChI is InChI=1S/C11H12N2O2/c1-7-3-4-9-8(5-7)10(6-11(14)15)13(2)12-9/h3-5H,6H2,1-2H3,(H,14,15). The van der Waals surface area contributed by atoms with Crippen LogP contribution < -0.4 is 0 Å². The first-order chi connectivity index (χ1) is 7.08. The number of hydrogen-bond donors (Lipinski definition) is 1. The van der Waals surface area contributed by atoms with Crippen LogP contribution in [0, 0.1) is 6.92 Å². The normalized spacial score (nSPS) is 10.8. The summed E-state index contributed by atoms with van der Waals surface area (Å²) in [6.07, 6.45) is 0.0104. The molecule has 4 heteroatoms. The summed E-state index contributed by atoms with van der Waals surface area (Å²) in [7, 11) is 1.77. The van der Waals surface area contributed by atoms with E-state index in [9.17, 15) is 4.79 Å². The minimum Gasteiger partial charge on any atom is -0.481 e. The summed E-state index contributed by atoms with van der Waals surface area (Å²) in [5.74, 6) is -0.832. The van der Waals surface area contributed by atoms with Crippen molar-refractivity contribution < 1.29 is 9.90 Å². The highest BCUT2D eigenvalue weighted by molar-refractivity contribution is 5.85. The van der Waals surface area contributed by atoms with Gasteiger partial charge in [-0.3, -0.25) is 9.48 Å². The van der Waals surface area contributed by atoms with Gasteiger partial charge in [0.1, 0.15) is 0 Å². The van der Waals surface area contributed by atoms with Gasteiger partial charge in [-0.1, -0.05) is 11.6 Å². The maximum absolute atomic E-state index is 10.7. The van der Waals surface area contributed by atoms with Crippen LogP contribution >= 0.6 is 0 Å². The molecule has 0 saturated heterocycles. The molecule has 0 aliphatic carbocycles. The lowest BCUT2D eigenvalue weighted by molar-refractivity contribution is -0.136. The Morgan fingerprint density at radius 3 is 2.93 bits per heavy atom. The molecular formula is C11H12N2O2. The minimum atomic E-state index is -0.832. The molecule has 0 spiro atoms. The van der Waals surface area contributed by atoms with E-state index >= 15 is 0 Å². The number of nitrogens with zero attached hydrogens (tertiary/aromatic N) is 2. The Hall–Kier alpha value is -1.84. The van der Waals surface area contributed by atoms with Crippen LogP contribution in [0.3, 0.4) is 0 Å². The summed E-state index contributed by atoms with van der Waals surface area (Å²) >= 11 is 0. The van der Waals surface area contributed by atoms with Gasteiger partial charge in [0.25, 0.3) is 0 Å². The van der Waals surface area contributed by atoms with Gasteiger partial charge in [0.15, 0.2) is 0 Å². The molecule has 0 atom stereocenters. The van der Waals surface area contributed by atoms with Crippen molar-refractivity contribution in [1.29, 1.82) is 0 Å². The molecule has 0 unspecified atom stereocenters. The summed E-state index contributed by atoms with van der Waals surface area (Å²) in [5, 5.41) is 14.0. The van der Waals surface area contributed by atoms with E-state index in [4.69, 9.17) is 5.11 Å². The first kappa shape index (κ1) is 9.71. The zero-order valence-corrected chi connectivity index (χ0v) is 8.69. The molecule has 0 fully saturated rings. The number of aromatic nitrogens is 2. The molecular weight excluding hydrogens is 192 g/mol. The Bertz CT molecular complexity index is 529. The van der Waals surface area contributed by atoms with E-state index in [-0.39, 0.29) is 6.42 Å². The fourth-order valence-electron chi connectivity index (χ4n) is 1.72. The van der Waals surface area contributed by atoms with E-state index in [1.807, 2.05) is 25.1 Å². The highest BCUT2D eigenvalue weighted by Crippen LogP contribution is 2.19. The number of aliphatic carboxylic acids is 1. The maximum atomic E-state index is 10.7. The van der Waals surface area contributed by atoms with E-state index in [1.54, 1.807) is 11.7 Å². The minimum absolute atomic E-state index is 0.0104. The average molecular weight is 204 g/mol. The van der Waals surface area contributed by atoms with Crippen LogP contribution in [-0.2, 0) is 18.3 Å². The number of carboxylic acid groups (broad SMARTS) is 1. The zero-order chi connectivity index (χ0) is 11.0. The SMILES string of the molecule is Cc1ccc2nn(C)c(CC(=O)O)c2c1. The molecule has 0 aliphatic rings. The van der Waals surface area contributed by atoms with Crippen LogP contribution in [0.2, 0.25) is 0 Å². The second kappa shape index (κ2) is 3.38. The molecule has 0 amide bonds. The van der Waals surface area contributed by atoms with Gasteiger partial charge in [-0.05, 0) is 19.1 Å². The summed E-state index contributed by atoms with van der Waals surface area (Å²) in [4.78, 5) is 10.7. The molecule has 0 saturated carbocycles. The highest BCUT2D eigenvalue weighted by Gasteiger charge is 2.11. The Morgan fingerprint density at radius 2 is 2.27 bits per heavy atom. The molecule has 0 aliphatic heterocycles. The van der Waals surface area contributed by atoms with Gasteiger partial charge < -0.3 is 5.11 Å². The molecule has 1 aromatic heterocycles. The number of benzene rings is 1. The van der Waals surface area contributed by atoms with Crippen LogP contribution in [0.1, 0.15) is 11.3 Å². The van der Waals surface area contributed by atoms with Crippen molar-refractivity contribution in [3.63, 3.8) is 0 Å². The van der Waals surface area contributed by atoms with Gasteiger partial charge in [0.2, 0.25) is 0 Å². The van der Waals surface area contributed by atoms with Crippen LogP contribution in [0.15, 0.2) is 18.2 Å². The lowest BCUT2D eigenvalue weighted by atomic mass is 10.1. The third-order valence-corrected chi connectivity index (χ3v) is 2.43. The third kappa shape index (κ3) is 1.70. The van der Waals surface area contributed by atoms with Gasteiger partial charge >= 0.3 is 5.97 Å². The van der Waals surface area contributed by atoms with Gasteiger partial charge in [0.05, 0.1) is 17.6 Å². The fourth-order valence-corrected chi connectivity index (χ4v) is 1.72. The van der Waals surface area contributed by atoms with E-state index in [1.165, 1.54) is 0 Å². The molecule has 4 nitrogen and oxygen atoms in total. The van der Waals surface area contributed by atoms with Crippen molar-refractivity contribution in [1.82, 2.24) is 9.78 Å². The highest BCUT2D eigenvalue weighted by atomic mass is 16.4. The number of rotatable bonds is 2. The molecule has 0 radical (unpaired) electrons. The Balaban J connectivity index is 2.65. The summed E-state index contributed by atoms with van der Waals surface area (Å²) < 4.78 is 1.64. The largest absolute Gasteiger partial charge is 0.481 e. The van der Waals surface area contributed by atoms with Crippen LogP contribution in [0.25, 0.3) is 10.9 Å². The molecule has 78 valence electrons. The Labute approximate surface area is 87.1 Å². The molecule has 2 rings (SSSR count). The predicted molar refractivity (Wildman–Crippen MR) is 56.8 cm³/mol. The number of carboxylic acids is 1. The molecule has 1 N–H and O–H groups in total. The van der Waals surface area contributed by atoms with E-state index < -0.39 is 5.97 Å². The third-order valence-electron chi connectivity index (χ3n) is 2.43. The van der Waals surface area contributed by atoms with Gasteiger partial charge in [-0.15, -0.1) is 0 Å². The summed E-state index contributed by atoms with van der Waals surface area (Å²) in [5.41, 5.74) is 2.71. The molecule has 1 heterocycles. The van der Waals surface area contributed by atoms with Crippen molar-refractivity contribution in [2.45, 2.75) is 13.3 Å². The fraction of sp³-hybridized carbons (Fsp3) is 0.273. The van der Waals surface area contributed by atoms with Gasteiger partial charge in [-0.25, -0.2) is 0 Å². The molecule has 1 aromatic carbocycles. The number of hydrogen-bond acceptors (Lipinski definition) is 2. The summed E-state index contributed by atoms with van der Waals surface area (Å²) in [6.45, 7) is 1.98. The Kier molecular flexibility index (Phi) is 2.19. The maximum Gasteiger partial charge on any atom is 0.309 e. The summed E-state index contributed by atoms with van der Waals surface area (Å²) in [6, 6.07) is 5.86. The average Bonchev–Trinajstić information content (AvgIpc) is 2.43. The van der Waals surface area contributed by atoms with Gasteiger partial charge in [0, 0.05) is 12.4 Å². The van der Waals surface area contributed by atoms with Crippen molar-refractivity contribution in [3.8, 4) is 0 Å². The van der Waals surface area contributed by atoms with Gasteiger partial charge in [-0.2, -0.15) is 5.10 Å². The van der Waals surface area contributed by atoms with Crippen molar-refractivity contribution in [3.05, 3.63) is 29.5 Å².